The van der Waals surface area contributed by atoms with E-state index >= 15 is 0 Å². The average molecular weight is 221 g/mol. The normalized spacial score (nSPS) is 11.9. The van der Waals surface area contributed by atoms with E-state index in [1.165, 1.54) is 13.0 Å². The molecule has 2 N–H and O–H groups in total. The highest BCUT2D eigenvalue weighted by molar-refractivity contribution is 5.98. The molecule has 0 aromatic heterocycles. The lowest BCUT2D eigenvalue weighted by Gasteiger charge is -2.12. The van der Waals surface area contributed by atoms with Gasteiger partial charge >= 0.3 is 0 Å². The van der Waals surface area contributed by atoms with Crippen molar-refractivity contribution in [2.75, 3.05) is 0 Å². The number of hydrogen-bond donors (Lipinski definition) is 2. The summed E-state index contributed by atoms with van der Waals surface area (Å²) in [5, 5.41) is 12.0. The summed E-state index contributed by atoms with van der Waals surface area (Å²) in [5.41, 5.74) is 0.892. The first-order chi connectivity index (χ1) is 7.43. The predicted molar refractivity (Wildman–Crippen MR) is 60.5 cm³/mol. The number of rotatable bonds is 3. The van der Waals surface area contributed by atoms with E-state index in [1.54, 1.807) is 26.0 Å². The molecule has 4 heteroatoms. The zero-order chi connectivity index (χ0) is 12.3. The van der Waals surface area contributed by atoms with Crippen molar-refractivity contribution in [3.63, 3.8) is 0 Å². The summed E-state index contributed by atoms with van der Waals surface area (Å²) in [5.74, 6) is -0.384. The monoisotopic (exact) mass is 221 g/mol. The quantitative estimate of drug-likeness (QED) is 0.811. The number of phenols is 1. The van der Waals surface area contributed by atoms with E-state index in [4.69, 9.17) is 0 Å². The Morgan fingerprint density at radius 2 is 2.00 bits per heavy atom. The Kier molecular flexibility index (Phi) is 3.66. The van der Waals surface area contributed by atoms with Gasteiger partial charge in [-0.2, -0.15) is 0 Å². The van der Waals surface area contributed by atoms with Crippen molar-refractivity contribution in [2.45, 2.75) is 26.8 Å². The van der Waals surface area contributed by atoms with Crippen LogP contribution in [0.4, 0.5) is 0 Å². The molecule has 0 fully saturated rings. The number of benzene rings is 1. The van der Waals surface area contributed by atoms with E-state index in [0.717, 1.165) is 0 Å². The third-order valence-electron chi connectivity index (χ3n) is 2.51. The minimum absolute atomic E-state index is 0.0723. The number of hydrogen-bond acceptors (Lipinski definition) is 3. The summed E-state index contributed by atoms with van der Waals surface area (Å²) < 4.78 is 0. The molecule has 86 valence electrons. The molecule has 0 saturated carbocycles. The molecule has 0 saturated heterocycles. The van der Waals surface area contributed by atoms with Crippen molar-refractivity contribution in [3.8, 4) is 5.75 Å². The SMILES string of the molecule is CC(=O)C(C)NC(=O)c1cccc(O)c1C. The van der Waals surface area contributed by atoms with Gasteiger partial charge in [0.05, 0.1) is 6.04 Å². The number of carbonyl (C=O) groups is 2. The number of amides is 1. The Morgan fingerprint density at radius 1 is 1.38 bits per heavy atom. The first-order valence-corrected chi connectivity index (χ1v) is 5.03. The van der Waals surface area contributed by atoms with Gasteiger partial charge in [-0.15, -0.1) is 0 Å². The highest BCUT2D eigenvalue weighted by Gasteiger charge is 2.15. The summed E-state index contributed by atoms with van der Waals surface area (Å²) in [4.78, 5) is 22.8. The molecule has 1 aromatic carbocycles. The van der Waals surface area contributed by atoms with Crippen molar-refractivity contribution in [3.05, 3.63) is 29.3 Å². The van der Waals surface area contributed by atoms with Crippen LogP contribution in [-0.4, -0.2) is 22.8 Å². The van der Waals surface area contributed by atoms with Gasteiger partial charge in [0.2, 0.25) is 0 Å². The van der Waals surface area contributed by atoms with Gasteiger partial charge in [-0.05, 0) is 32.9 Å². The van der Waals surface area contributed by atoms with Crippen LogP contribution in [0.3, 0.4) is 0 Å². The fourth-order valence-corrected chi connectivity index (χ4v) is 1.25. The lowest BCUT2D eigenvalue weighted by atomic mass is 10.1. The molecule has 1 atom stereocenters. The topological polar surface area (TPSA) is 66.4 Å². The molecule has 0 bridgehead atoms. The number of phenolic OH excluding ortho intramolecular Hbond substituents is 1. The number of nitrogens with one attached hydrogen (secondary N) is 1. The Hall–Kier alpha value is -1.84. The summed E-state index contributed by atoms with van der Waals surface area (Å²) in [6.07, 6.45) is 0. The molecule has 0 aliphatic heterocycles. The Bertz CT molecular complexity index is 426. The molecule has 1 amide bonds. The third kappa shape index (κ3) is 2.59. The fourth-order valence-electron chi connectivity index (χ4n) is 1.25. The van der Waals surface area contributed by atoms with Gasteiger partial charge in [0.25, 0.3) is 5.91 Å². The molecule has 4 nitrogen and oxygen atoms in total. The van der Waals surface area contributed by atoms with Crippen LogP contribution in [0.15, 0.2) is 18.2 Å². The molecule has 0 aliphatic carbocycles. The fraction of sp³-hybridized carbons (Fsp3) is 0.333. The minimum Gasteiger partial charge on any atom is -0.508 e. The average Bonchev–Trinajstić information content (AvgIpc) is 2.21. The van der Waals surface area contributed by atoms with Gasteiger partial charge in [0.1, 0.15) is 5.75 Å². The second-order valence-electron chi connectivity index (χ2n) is 3.76. The summed E-state index contributed by atoms with van der Waals surface area (Å²) in [7, 11) is 0. The molecule has 16 heavy (non-hydrogen) atoms. The lowest BCUT2D eigenvalue weighted by molar-refractivity contribution is -0.118. The van der Waals surface area contributed by atoms with Crippen LogP contribution in [0, 0.1) is 6.92 Å². The molecule has 1 rings (SSSR count). The predicted octanol–water partition coefficient (Wildman–Crippen LogP) is 1.41. The van der Waals surface area contributed by atoms with Crippen LogP contribution in [0.2, 0.25) is 0 Å². The summed E-state index contributed by atoms with van der Waals surface area (Å²) >= 11 is 0. The van der Waals surface area contributed by atoms with Crippen LogP contribution < -0.4 is 5.32 Å². The van der Waals surface area contributed by atoms with Gasteiger partial charge in [-0.1, -0.05) is 6.07 Å². The number of carbonyl (C=O) groups excluding carboxylic acids is 2. The highest BCUT2D eigenvalue weighted by atomic mass is 16.3. The first-order valence-electron chi connectivity index (χ1n) is 5.03. The number of aromatic hydroxyl groups is 1. The van der Waals surface area contributed by atoms with Gasteiger partial charge in [-0.25, -0.2) is 0 Å². The standard InChI is InChI=1S/C12H15NO3/c1-7-10(5-4-6-11(7)15)12(16)13-8(2)9(3)14/h4-6,8,15H,1-3H3,(H,13,16). The Labute approximate surface area is 94.3 Å². The van der Waals surface area contributed by atoms with Crippen molar-refractivity contribution in [2.24, 2.45) is 0 Å². The Morgan fingerprint density at radius 3 is 2.56 bits per heavy atom. The van der Waals surface area contributed by atoms with E-state index < -0.39 is 6.04 Å². The van der Waals surface area contributed by atoms with Crippen LogP contribution in [0.5, 0.6) is 5.75 Å². The second kappa shape index (κ2) is 4.79. The van der Waals surface area contributed by atoms with E-state index in [-0.39, 0.29) is 17.4 Å². The van der Waals surface area contributed by atoms with Crippen molar-refractivity contribution in [1.29, 1.82) is 0 Å². The van der Waals surface area contributed by atoms with Gasteiger partial charge in [0, 0.05) is 11.1 Å². The molecule has 1 unspecified atom stereocenters. The van der Waals surface area contributed by atoms with Gasteiger partial charge < -0.3 is 10.4 Å². The maximum Gasteiger partial charge on any atom is 0.252 e. The largest absolute Gasteiger partial charge is 0.508 e. The second-order valence-corrected chi connectivity index (χ2v) is 3.76. The zero-order valence-electron chi connectivity index (χ0n) is 9.57. The van der Waals surface area contributed by atoms with Crippen LogP contribution in [-0.2, 0) is 4.79 Å². The first kappa shape index (κ1) is 12.2. The van der Waals surface area contributed by atoms with Crippen molar-refractivity contribution in [1.82, 2.24) is 5.32 Å². The maximum atomic E-state index is 11.8. The van der Waals surface area contributed by atoms with E-state index in [0.29, 0.717) is 11.1 Å². The molecule has 0 heterocycles. The number of Topliss-reactive ketones (excluding diaryl/α,β-unsaturated/α-hetero) is 1. The molecule has 0 spiro atoms. The molecule has 0 aliphatic rings. The van der Waals surface area contributed by atoms with E-state index in [2.05, 4.69) is 5.32 Å². The highest BCUT2D eigenvalue weighted by Crippen LogP contribution is 2.19. The number of ketones is 1. The molecular formula is C12H15NO3. The molecule has 0 radical (unpaired) electrons. The van der Waals surface area contributed by atoms with Gasteiger partial charge in [0.15, 0.2) is 5.78 Å². The summed E-state index contributed by atoms with van der Waals surface area (Å²) in [6.45, 7) is 4.70. The lowest BCUT2D eigenvalue weighted by Crippen LogP contribution is -2.37. The summed E-state index contributed by atoms with van der Waals surface area (Å²) in [6, 6.07) is 4.20. The Balaban J connectivity index is 2.89. The van der Waals surface area contributed by atoms with Crippen LogP contribution >= 0.6 is 0 Å². The van der Waals surface area contributed by atoms with Crippen molar-refractivity contribution < 1.29 is 14.7 Å². The minimum atomic E-state index is -0.519. The third-order valence-corrected chi connectivity index (χ3v) is 2.51. The van der Waals surface area contributed by atoms with E-state index in [1.807, 2.05) is 0 Å². The molecular weight excluding hydrogens is 206 g/mol. The van der Waals surface area contributed by atoms with Crippen LogP contribution in [0.25, 0.3) is 0 Å². The zero-order valence-corrected chi connectivity index (χ0v) is 9.57. The van der Waals surface area contributed by atoms with Crippen LogP contribution in [0.1, 0.15) is 29.8 Å². The maximum absolute atomic E-state index is 11.8. The van der Waals surface area contributed by atoms with E-state index in [9.17, 15) is 14.7 Å². The molecule has 1 aromatic rings. The van der Waals surface area contributed by atoms with Gasteiger partial charge in [-0.3, -0.25) is 9.59 Å². The smallest absolute Gasteiger partial charge is 0.252 e. The van der Waals surface area contributed by atoms with Crippen molar-refractivity contribution >= 4 is 11.7 Å².